The number of rotatable bonds is 9. The van der Waals surface area contributed by atoms with E-state index in [4.69, 9.17) is 14.2 Å². The summed E-state index contributed by atoms with van der Waals surface area (Å²) in [5.41, 5.74) is 0.439. The molecule has 0 aliphatic heterocycles. The lowest BCUT2D eigenvalue weighted by Gasteiger charge is -2.12. The summed E-state index contributed by atoms with van der Waals surface area (Å²) in [5, 5.41) is 4.60. The van der Waals surface area contributed by atoms with E-state index < -0.39 is 31.1 Å². The minimum absolute atomic E-state index is 0.0851. The lowest BCUT2D eigenvalue weighted by Crippen LogP contribution is -2.44. The van der Waals surface area contributed by atoms with E-state index in [1.165, 1.54) is 32.2 Å². The predicted octanol–water partition coefficient (Wildman–Crippen LogP) is 1.44. The predicted molar refractivity (Wildman–Crippen MR) is 95.9 cm³/mol. The summed E-state index contributed by atoms with van der Waals surface area (Å²) in [6.07, 6.45) is 0.713. The summed E-state index contributed by atoms with van der Waals surface area (Å²) in [5.74, 6) is -1.16. The van der Waals surface area contributed by atoms with Crippen LogP contribution in [0.4, 0.5) is 4.79 Å². The van der Waals surface area contributed by atoms with Crippen molar-refractivity contribution in [2.24, 2.45) is 0 Å². The van der Waals surface area contributed by atoms with E-state index in [0.717, 1.165) is 0 Å². The van der Waals surface area contributed by atoms with Gasteiger partial charge in [0.2, 0.25) is 0 Å². The Kier molecular flexibility index (Phi) is 8.77. The van der Waals surface area contributed by atoms with Crippen LogP contribution in [0, 0.1) is 0 Å². The molecule has 1 rings (SSSR count). The van der Waals surface area contributed by atoms with Crippen LogP contribution >= 0.6 is 0 Å². The molecule has 0 bridgehead atoms. The van der Waals surface area contributed by atoms with Crippen molar-refractivity contribution in [1.82, 2.24) is 10.6 Å². The Labute approximate surface area is 157 Å². The fraction of sp³-hybridized carbons (Fsp3) is 0.444. The number of Topliss-reactive ketones (excluding diaryl/α,β-unsaturated/α-hetero) is 1. The average molecular weight is 380 g/mol. The van der Waals surface area contributed by atoms with Crippen molar-refractivity contribution in [1.29, 1.82) is 0 Å². The third-order valence-corrected chi connectivity index (χ3v) is 3.52. The quantitative estimate of drug-likeness (QED) is 0.491. The molecule has 1 aromatic rings. The molecule has 1 aromatic carbocycles. The monoisotopic (exact) mass is 380 g/mol. The summed E-state index contributed by atoms with van der Waals surface area (Å²) in [6, 6.07) is 3.78. The van der Waals surface area contributed by atoms with Gasteiger partial charge in [0, 0.05) is 11.6 Å². The van der Waals surface area contributed by atoms with Crippen LogP contribution in [0.25, 0.3) is 0 Å². The van der Waals surface area contributed by atoms with Crippen molar-refractivity contribution < 1.29 is 33.4 Å². The van der Waals surface area contributed by atoms with Crippen molar-refractivity contribution in [3.05, 3.63) is 23.8 Å². The number of urea groups is 1. The van der Waals surface area contributed by atoms with Crippen molar-refractivity contribution >= 4 is 23.7 Å². The molecule has 0 unspecified atom stereocenters. The number of ketones is 1. The highest BCUT2D eigenvalue weighted by Crippen LogP contribution is 2.28. The number of carbonyl (C=O) groups excluding carboxylic acids is 4. The Morgan fingerprint density at radius 3 is 2.41 bits per heavy atom. The Morgan fingerprint density at radius 1 is 1.11 bits per heavy atom. The molecule has 148 valence electrons. The van der Waals surface area contributed by atoms with Gasteiger partial charge in [0.05, 0.1) is 7.11 Å². The number of benzene rings is 1. The van der Waals surface area contributed by atoms with Gasteiger partial charge >= 0.3 is 12.0 Å². The molecule has 9 heteroatoms. The van der Waals surface area contributed by atoms with Crippen molar-refractivity contribution in [2.45, 2.75) is 33.2 Å². The van der Waals surface area contributed by atoms with Gasteiger partial charge in [0.1, 0.15) is 0 Å². The van der Waals surface area contributed by atoms with E-state index in [9.17, 15) is 19.2 Å². The lowest BCUT2D eigenvalue weighted by molar-refractivity contribution is -0.150. The molecule has 9 nitrogen and oxygen atoms in total. The van der Waals surface area contributed by atoms with Gasteiger partial charge in [-0.25, -0.2) is 9.59 Å². The number of methoxy groups -OCH3 is 1. The zero-order valence-corrected chi connectivity index (χ0v) is 15.8. The number of nitrogens with one attached hydrogen (secondary N) is 2. The van der Waals surface area contributed by atoms with Gasteiger partial charge in [0.15, 0.2) is 30.5 Å². The highest BCUT2D eigenvalue weighted by molar-refractivity contribution is 5.96. The van der Waals surface area contributed by atoms with Gasteiger partial charge in [-0.1, -0.05) is 6.92 Å². The van der Waals surface area contributed by atoms with Gasteiger partial charge in [-0.15, -0.1) is 0 Å². The fourth-order valence-electron chi connectivity index (χ4n) is 1.85. The van der Waals surface area contributed by atoms with Gasteiger partial charge in [-0.3, -0.25) is 14.9 Å². The number of ether oxygens (including phenoxy) is 3. The third-order valence-electron chi connectivity index (χ3n) is 3.52. The second-order valence-electron chi connectivity index (χ2n) is 5.70. The largest absolute Gasteiger partial charge is 0.493 e. The Morgan fingerprint density at radius 2 is 1.81 bits per heavy atom. The topological polar surface area (TPSA) is 120 Å². The first-order valence-electron chi connectivity index (χ1n) is 8.34. The molecule has 0 fully saturated rings. The van der Waals surface area contributed by atoms with Crippen LogP contribution in [0.3, 0.4) is 0 Å². The zero-order chi connectivity index (χ0) is 20.4. The minimum atomic E-state index is -0.801. The number of hydrogen-bond donors (Lipinski definition) is 2. The number of amides is 3. The molecular weight excluding hydrogens is 356 g/mol. The molecule has 0 spiro atoms. The summed E-state index contributed by atoms with van der Waals surface area (Å²) >= 11 is 0. The van der Waals surface area contributed by atoms with Gasteiger partial charge in [-0.2, -0.15) is 0 Å². The zero-order valence-electron chi connectivity index (χ0n) is 15.8. The summed E-state index contributed by atoms with van der Waals surface area (Å²) in [7, 11) is 1.40. The van der Waals surface area contributed by atoms with E-state index in [1.807, 2.05) is 6.92 Å². The smallest absolute Gasteiger partial charge is 0.344 e. The first kappa shape index (κ1) is 21.9. The molecule has 1 atom stereocenters. The highest BCUT2D eigenvalue weighted by Gasteiger charge is 2.14. The molecule has 2 N–H and O–H groups in total. The average Bonchev–Trinajstić information content (AvgIpc) is 2.63. The molecule has 0 aliphatic rings. The van der Waals surface area contributed by atoms with Crippen LogP contribution in [-0.2, 0) is 14.3 Å². The summed E-state index contributed by atoms with van der Waals surface area (Å²) in [4.78, 5) is 46.1. The van der Waals surface area contributed by atoms with Crippen LogP contribution in [-0.4, -0.2) is 50.1 Å². The standard InChI is InChI=1S/C18H24N2O7/c1-5-11(2)19-18(24)20-16(22)9-27-17(23)10-26-14-7-6-13(12(3)21)8-15(14)25-4/h6-8,11H,5,9-10H2,1-4H3,(H2,19,20,22,24)/t11-/m1/s1. The number of carbonyl (C=O) groups is 4. The second-order valence-corrected chi connectivity index (χ2v) is 5.70. The Balaban J connectivity index is 2.44. The van der Waals surface area contributed by atoms with Gasteiger partial charge < -0.3 is 19.5 Å². The molecule has 3 amide bonds. The maximum Gasteiger partial charge on any atom is 0.344 e. The van der Waals surface area contributed by atoms with Crippen LogP contribution < -0.4 is 20.1 Å². The van der Waals surface area contributed by atoms with Gasteiger partial charge in [-0.05, 0) is 38.5 Å². The fourth-order valence-corrected chi connectivity index (χ4v) is 1.85. The minimum Gasteiger partial charge on any atom is -0.493 e. The molecule has 0 radical (unpaired) electrons. The molecular formula is C18H24N2O7. The molecule has 27 heavy (non-hydrogen) atoms. The van der Waals surface area contributed by atoms with Crippen molar-refractivity contribution in [2.75, 3.05) is 20.3 Å². The molecule has 0 saturated heterocycles. The number of esters is 1. The Hall–Kier alpha value is -3.10. The van der Waals surface area contributed by atoms with Crippen LogP contribution in [0.2, 0.25) is 0 Å². The lowest BCUT2D eigenvalue weighted by atomic mass is 10.1. The molecule has 0 aliphatic carbocycles. The first-order valence-corrected chi connectivity index (χ1v) is 8.34. The molecule has 0 saturated carbocycles. The third kappa shape index (κ3) is 7.76. The highest BCUT2D eigenvalue weighted by atomic mass is 16.6. The molecule has 0 aromatic heterocycles. The van der Waals surface area contributed by atoms with Crippen LogP contribution in [0.15, 0.2) is 18.2 Å². The number of imide groups is 1. The molecule has 0 heterocycles. The van der Waals surface area contributed by atoms with E-state index >= 15 is 0 Å². The summed E-state index contributed by atoms with van der Waals surface area (Å²) in [6.45, 7) is 4.01. The normalized spacial score (nSPS) is 11.1. The number of hydrogen-bond acceptors (Lipinski definition) is 7. The van der Waals surface area contributed by atoms with Crippen LogP contribution in [0.1, 0.15) is 37.6 Å². The van der Waals surface area contributed by atoms with Gasteiger partial charge in [0.25, 0.3) is 5.91 Å². The second kappa shape index (κ2) is 10.8. The van der Waals surface area contributed by atoms with E-state index in [0.29, 0.717) is 12.0 Å². The maximum atomic E-state index is 11.7. The first-order chi connectivity index (χ1) is 12.8. The Bertz CT molecular complexity index is 703. The maximum absolute atomic E-state index is 11.7. The summed E-state index contributed by atoms with van der Waals surface area (Å²) < 4.78 is 15.1. The van der Waals surface area contributed by atoms with Crippen molar-refractivity contribution in [3.8, 4) is 11.5 Å². The SMILES string of the molecule is CC[C@@H](C)NC(=O)NC(=O)COC(=O)COc1ccc(C(C)=O)cc1OC. The van der Waals surface area contributed by atoms with Crippen molar-refractivity contribution in [3.63, 3.8) is 0 Å². The van der Waals surface area contributed by atoms with Crippen LogP contribution in [0.5, 0.6) is 11.5 Å². The van der Waals surface area contributed by atoms with E-state index in [1.54, 1.807) is 6.92 Å². The van der Waals surface area contributed by atoms with E-state index in [-0.39, 0.29) is 23.3 Å². The van der Waals surface area contributed by atoms with E-state index in [2.05, 4.69) is 10.6 Å².